The first-order valence-electron chi connectivity index (χ1n) is 16.4. The lowest BCUT2D eigenvalue weighted by Gasteiger charge is -2.49. The van der Waals surface area contributed by atoms with Crippen LogP contribution in [0.2, 0.25) is 0 Å². The van der Waals surface area contributed by atoms with Gasteiger partial charge in [0.2, 0.25) is 11.9 Å². The van der Waals surface area contributed by atoms with Crippen LogP contribution < -0.4 is 20.3 Å². The van der Waals surface area contributed by atoms with Gasteiger partial charge in [0.15, 0.2) is 11.5 Å². The Hall–Kier alpha value is -5.40. The quantitative estimate of drug-likeness (QED) is 0.287. The minimum absolute atomic E-state index is 0.00510. The summed E-state index contributed by atoms with van der Waals surface area (Å²) in [6.45, 7) is 13.2. The van der Waals surface area contributed by atoms with E-state index in [0.29, 0.717) is 23.0 Å². The topological polar surface area (TPSA) is 128 Å². The minimum atomic E-state index is -0.956. The third kappa shape index (κ3) is 5.24. The van der Waals surface area contributed by atoms with Gasteiger partial charge in [-0.05, 0) is 43.0 Å². The normalized spacial score (nSPS) is 17.4. The van der Waals surface area contributed by atoms with Crippen LogP contribution in [0.5, 0.6) is 5.75 Å². The molecule has 0 bridgehead atoms. The number of phenols is 1. The lowest BCUT2D eigenvalue weighted by atomic mass is 9.97. The maximum atomic E-state index is 16.4. The molecule has 14 heteroatoms. The summed E-state index contributed by atoms with van der Waals surface area (Å²) in [5.41, 5.74) is -0.0950. The molecule has 5 heterocycles. The van der Waals surface area contributed by atoms with E-state index in [1.807, 2.05) is 48.7 Å². The van der Waals surface area contributed by atoms with Crippen molar-refractivity contribution in [1.29, 1.82) is 0 Å². The largest absolute Gasteiger partial charge is 0.507 e. The molecule has 50 heavy (non-hydrogen) atoms. The molecule has 3 aromatic heterocycles. The smallest absolute Gasteiger partial charge is 0.283 e. The SMILES string of the molecule is C=CC(=O)N1C[C@@H]2C(=O)N(C)c3c(c4cc(F)c(-c5c(O)cccc5F)nc4n(-c4c(C(C)C)nc(N(C)C)nc4C(C)C)c3=O)N2C[C@H]1C. The van der Waals surface area contributed by atoms with Gasteiger partial charge in [-0.15, -0.1) is 0 Å². The molecule has 1 saturated heterocycles. The van der Waals surface area contributed by atoms with Crippen molar-refractivity contribution in [2.24, 2.45) is 0 Å². The molecule has 2 amide bonds. The number of anilines is 3. The van der Waals surface area contributed by atoms with Crippen molar-refractivity contribution in [1.82, 2.24) is 24.4 Å². The van der Waals surface area contributed by atoms with Gasteiger partial charge in [-0.25, -0.2) is 23.7 Å². The molecule has 1 fully saturated rings. The van der Waals surface area contributed by atoms with E-state index in [-0.39, 0.29) is 53.2 Å². The Morgan fingerprint density at radius 3 is 2.20 bits per heavy atom. The summed E-state index contributed by atoms with van der Waals surface area (Å²) in [4.78, 5) is 62.5. The number of rotatable bonds is 6. The number of hydrogen-bond acceptors (Lipinski definition) is 9. The van der Waals surface area contributed by atoms with E-state index in [1.54, 1.807) is 14.7 Å². The number of benzene rings is 1. The number of nitrogens with zero attached hydrogens (tertiary/aromatic N) is 8. The van der Waals surface area contributed by atoms with E-state index in [2.05, 4.69) is 11.6 Å². The molecule has 0 spiro atoms. The third-order valence-electron chi connectivity index (χ3n) is 9.36. The second-order valence-electron chi connectivity index (χ2n) is 13.6. The van der Waals surface area contributed by atoms with Gasteiger partial charge in [0.05, 0.1) is 34.9 Å². The number of carbonyl (C=O) groups excluding carboxylic acids is 2. The lowest BCUT2D eigenvalue weighted by molar-refractivity contribution is -0.130. The highest BCUT2D eigenvalue weighted by Crippen LogP contribution is 2.44. The van der Waals surface area contributed by atoms with Crippen molar-refractivity contribution in [3.05, 3.63) is 70.3 Å². The second kappa shape index (κ2) is 12.5. The second-order valence-corrected chi connectivity index (χ2v) is 13.6. The number of fused-ring (bicyclic) bond motifs is 5. The fraction of sp³-hybridized carbons (Fsp3) is 0.389. The molecule has 4 aromatic rings. The molecular weight excluding hydrogens is 646 g/mol. The number of halogens is 2. The number of aromatic nitrogens is 4. The van der Waals surface area contributed by atoms with Crippen LogP contribution in [0.4, 0.5) is 26.1 Å². The molecule has 0 radical (unpaired) electrons. The fourth-order valence-corrected chi connectivity index (χ4v) is 6.88. The summed E-state index contributed by atoms with van der Waals surface area (Å²) in [5.74, 6) is -3.22. The number of pyridine rings is 2. The van der Waals surface area contributed by atoms with Crippen LogP contribution in [0.1, 0.15) is 57.8 Å². The van der Waals surface area contributed by atoms with Crippen LogP contribution in [0.25, 0.3) is 28.0 Å². The molecule has 0 unspecified atom stereocenters. The van der Waals surface area contributed by atoms with E-state index < -0.39 is 52.2 Å². The Morgan fingerprint density at radius 1 is 1.00 bits per heavy atom. The predicted octanol–water partition coefficient (Wildman–Crippen LogP) is 4.71. The Bertz CT molecular complexity index is 2100. The highest BCUT2D eigenvalue weighted by Gasteiger charge is 2.46. The van der Waals surface area contributed by atoms with Crippen LogP contribution >= 0.6 is 0 Å². The average Bonchev–Trinajstić information content (AvgIpc) is 3.06. The van der Waals surface area contributed by atoms with E-state index in [1.165, 1.54) is 34.7 Å². The summed E-state index contributed by atoms with van der Waals surface area (Å²) in [6.07, 6.45) is 1.19. The van der Waals surface area contributed by atoms with Crippen molar-refractivity contribution < 1.29 is 23.5 Å². The first kappa shape index (κ1) is 34.5. The Balaban J connectivity index is 1.80. The molecule has 6 rings (SSSR count). The van der Waals surface area contributed by atoms with Crippen molar-refractivity contribution in [3.8, 4) is 22.7 Å². The van der Waals surface area contributed by atoms with Gasteiger partial charge in [0, 0.05) is 39.1 Å². The van der Waals surface area contributed by atoms with Crippen molar-refractivity contribution in [3.63, 3.8) is 0 Å². The highest BCUT2D eigenvalue weighted by molar-refractivity contribution is 6.12. The van der Waals surface area contributed by atoms with Crippen LogP contribution in [-0.2, 0) is 9.59 Å². The van der Waals surface area contributed by atoms with Gasteiger partial charge in [0.25, 0.3) is 11.5 Å². The number of amides is 2. The van der Waals surface area contributed by atoms with Crippen LogP contribution in [0.15, 0.2) is 41.7 Å². The highest BCUT2D eigenvalue weighted by atomic mass is 19.1. The number of hydrogen-bond donors (Lipinski definition) is 1. The zero-order chi connectivity index (χ0) is 36.5. The monoisotopic (exact) mass is 686 g/mol. The summed E-state index contributed by atoms with van der Waals surface area (Å²) in [7, 11) is 5.09. The van der Waals surface area contributed by atoms with Gasteiger partial charge in [-0.2, -0.15) is 0 Å². The number of carbonyl (C=O) groups is 2. The molecule has 1 aromatic carbocycles. The van der Waals surface area contributed by atoms with Crippen LogP contribution in [0.3, 0.4) is 0 Å². The van der Waals surface area contributed by atoms with Gasteiger partial charge >= 0.3 is 0 Å². The Labute approximate surface area is 288 Å². The minimum Gasteiger partial charge on any atom is -0.507 e. The number of likely N-dealkylation sites (N-methyl/N-ethyl adjacent to an activating group) is 1. The van der Waals surface area contributed by atoms with Crippen molar-refractivity contribution >= 4 is 40.2 Å². The molecule has 12 nitrogen and oxygen atoms in total. The first-order chi connectivity index (χ1) is 23.6. The number of piperazine rings is 1. The van der Waals surface area contributed by atoms with Gasteiger partial charge in [-0.1, -0.05) is 40.3 Å². The Kier molecular flexibility index (Phi) is 8.61. The van der Waals surface area contributed by atoms with E-state index in [9.17, 15) is 14.7 Å². The van der Waals surface area contributed by atoms with E-state index >= 15 is 13.6 Å². The molecule has 2 aliphatic rings. The maximum Gasteiger partial charge on any atom is 0.283 e. The summed E-state index contributed by atoms with van der Waals surface area (Å²) in [5, 5.41) is 10.9. The molecule has 0 saturated carbocycles. The molecule has 2 aliphatic heterocycles. The van der Waals surface area contributed by atoms with Gasteiger partial charge in [-0.3, -0.25) is 19.0 Å². The van der Waals surface area contributed by atoms with Crippen LogP contribution in [-0.4, -0.2) is 87.7 Å². The van der Waals surface area contributed by atoms with Crippen LogP contribution in [0, 0.1) is 11.6 Å². The number of aromatic hydroxyl groups is 1. The van der Waals surface area contributed by atoms with Gasteiger partial charge in [0.1, 0.15) is 29.0 Å². The lowest BCUT2D eigenvalue weighted by Crippen LogP contribution is -2.66. The molecule has 262 valence electrons. The summed E-state index contributed by atoms with van der Waals surface area (Å²) < 4.78 is 33.0. The maximum absolute atomic E-state index is 16.4. The third-order valence-corrected chi connectivity index (χ3v) is 9.36. The molecule has 1 N–H and O–H groups in total. The van der Waals surface area contributed by atoms with Crippen molar-refractivity contribution in [2.45, 2.75) is 58.5 Å². The van der Waals surface area contributed by atoms with E-state index in [4.69, 9.17) is 9.97 Å². The zero-order valence-corrected chi connectivity index (χ0v) is 29.3. The summed E-state index contributed by atoms with van der Waals surface area (Å²) in [6, 6.07) is 3.45. The van der Waals surface area contributed by atoms with Gasteiger partial charge < -0.3 is 24.7 Å². The standard InChI is InChI=1S/C36H40F2N8O4/c1-10-25(48)44-16-23-34(49)43(9)32-30(45(23)15-19(44)6)20-14-22(38)29(26-21(37)12-11-13-24(26)47)39-33(20)46(35(32)50)31-27(17(2)3)40-36(42(7)8)41-28(31)18(4)5/h10-14,17-19,23,47H,1,15-16H2,2-9H3/t19-,23-/m1/s1. The Morgan fingerprint density at radius 2 is 1.64 bits per heavy atom. The molecule has 0 aliphatic carbocycles. The average molecular weight is 687 g/mol. The fourth-order valence-electron chi connectivity index (χ4n) is 6.88. The number of phenolic OH excluding ortho intramolecular Hbond substituents is 1. The molecular formula is C36H40F2N8O4. The zero-order valence-electron chi connectivity index (χ0n) is 29.3. The summed E-state index contributed by atoms with van der Waals surface area (Å²) >= 11 is 0. The van der Waals surface area contributed by atoms with Crippen molar-refractivity contribution in [2.75, 3.05) is 48.9 Å². The predicted molar refractivity (Wildman–Crippen MR) is 188 cm³/mol. The first-order valence-corrected chi connectivity index (χ1v) is 16.4. The molecule has 2 atom stereocenters. The van der Waals surface area contributed by atoms with E-state index in [0.717, 1.165) is 12.1 Å².